The summed E-state index contributed by atoms with van der Waals surface area (Å²) < 4.78 is 12.8. The lowest BCUT2D eigenvalue weighted by atomic mass is 10.1. The van der Waals surface area contributed by atoms with Gasteiger partial charge in [-0.3, -0.25) is 0 Å². The van der Waals surface area contributed by atoms with Gasteiger partial charge in [0.2, 0.25) is 0 Å². The number of hydrogen-bond donors (Lipinski definition) is 0. The molecule has 0 aliphatic heterocycles. The molecule has 0 bridgehead atoms. The van der Waals surface area contributed by atoms with Gasteiger partial charge in [-0.2, -0.15) is 0 Å². The monoisotopic (exact) mass is 360 g/mol. The zero-order valence-corrected chi connectivity index (χ0v) is 19.2. The number of rotatable bonds is 15. The average Bonchev–Trinajstić information content (AvgIpc) is 2.60. The highest BCUT2D eigenvalue weighted by molar-refractivity contribution is 6.74. The van der Waals surface area contributed by atoms with Crippen LogP contribution in [0.3, 0.4) is 0 Å². The van der Waals surface area contributed by atoms with Gasteiger partial charge < -0.3 is 8.85 Å². The van der Waals surface area contributed by atoms with Crippen molar-refractivity contribution in [2.75, 3.05) is 6.61 Å². The average molecular weight is 361 g/mol. The summed E-state index contributed by atoms with van der Waals surface area (Å²) in [7, 11) is -2.78. The first kappa shape index (κ1) is 23.4. The Morgan fingerprint density at radius 3 is 1.57 bits per heavy atom. The normalized spacial score (nSPS) is 14.2. The summed E-state index contributed by atoms with van der Waals surface area (Å²) in [6.07, 6.45) is 5.45. The van der Waals surface area contributed by atoms with E-state index in [0.717, 1.165) is 6.61 Å². The lowest BCUT2D eigenvalue weighted by Gasteiger charge is -2.32. The largest absolute Gasteiger partial charge is 0.417 e. The number of hydrogen-bond acceptors (Lipinski definition) is 2. The van der Waals surface area contributed by atoms with Crippen LogP contribution < -0.4 is 0 Å². The fourth-order valence-electron chi connectivity index (χ4n) is 3.54. The summed E-state index contributed by atoms with van der Waals surface area (Å²) in [5.41, 5.74) is 0. The molecule has 0 radical (unpaired) electrons. The molecule has 0 aliphatic rings. The van der Waals surface area contributed by atoms with Crippen molar-refractivity contribution in [3.05, 3.63) is 0 Å². The second kappa shape index (κ2) is 12.7. The van der Waals surface area contributed by atoms with Crippen LogP contribution in [-0.2, 0) is 8.85 Å². The molecule has 2 nitrogen and oxygen atoms in total. The minimum atomic E-state index is -1.41. The van der Waals surface area contributed by atoms with Gasteiger partial charge in [0.15, 0.2) is 16.6 Å². The molecule has 0 rings (SSSR count). The first-order valence-corrected chi connectivity index (χ1v) is 15.3. The van der Waals surface area contributed by atoms with E-state index in [9.17, 15) is 0 Å². The van der Waals surface area contributed by atoms with Crippen molar-refractivity contribution < 1.29 is 8.85 Å². The predicted molar refractivity (Wildman–Crippen MR) is 109 cm³/mol. The van der Waals surface area contributed by atoms with Gasteiger partial charge >= 0.3 is 0 Å². The van der Waals surface area contributed by atoms with Gasteiger partial charge in [0, 0.05) is 12.7 Å². The molecular formula is C19H44O2Si2. The predicted octanol–water partition coefficient (Wildman–Crippen LogP) is 6.98. The molecule has 23 heavy (non-hydrogen) atoms. The minimum Gasteiger partial charge on any atom is -0.417 e. The molecule has 0 heterocycles. The van der Waals surface area contributed by atoms with E-state index in [4.69, 9.17) is 8.85 Å². The number of unbranched alkanes of at least 4 members (excludes halogenated alkanes) is 2. The highest BCUT2D eigenvalue weighted by Gasteiger charge is 2.30. The summed E-state index contributed by atoms with van der Waals surface area (Å²) in [6.45, 7) is 17.1. The maximum absolute atomic E-state index is 6.51. The van der Waals surface area contributed by atoms with Crippen LogP contribution in [0.2, 0.25) is 36.3 Å². The van der Waals surface area contributed by atoms with Crippen molar-refractivity contribution in [3.63, 3.8) is 0 Å². The van der Waals surface area contributed by atoms with E-state index < -0.39 is 16.6 Å². The van der Waals surface area contributed by atoms with E-state index in [2.05, 4.69) is 48.5 Å². The van der Waals surface area contributed by atoms with Gasteiger partial charge in [0.05, 0.1) is 0 Å². The van der Waals surface area contributed by atoms with Crippen LogP contribution in [0.1, 0.15) is 74.1 Å². The molecule has 0 aromatic carbocycles. The van der Waals surface area contributed by atoms with Crippen molar-refractivity contribution in [3.8, 4) is 0 Å². The Labute approximate surface area is 149 Å². The van der Waals surface area contributed by atoms with Gasteiger partial charge in [-0.1, -0.05) is 54.4 Å². The van der Waals surface area contributed by atoms with Crippen LogP contribution in [0, 0.1) is 0 Å². The standard InChI is InChI=1S/C19H44O2Si2/c1-8-22(9-2,10-3)20-18-16-14-15-17-19(7)21-23(11-4,12-5)13-6/h19H,8-18H2,1-7H3. The molecule has 1 unspecified atom stereocenters. The Morgan fingerprint density at radius 1 is 0.652 bits per heavy atom. The van der Waals surface area contributed by atoms with E-state index in [-0.39, 0.29) is 0 Å². The van der Waals surface area contributed by atoms with Crippen LogP contribution in [-0.4, -0.2) is 29.3 Å². The van der Waals surface area contributed by atoms with Crippen LogP contribution in [0.25, 0.3) is 0 Å². The summed E-state index contributed by atoms with van der Waals surface area (Å²) >= 11 is 0. The summed E-state index contributed by atoms with van der Waals surface area (Å²) in [6, 6.07) is 7.58. The third kappa shape index (κ3) is 8.32. The quantitative estimate of drug-likeness (QED) is 0.232. The van der Waals surface area contributed by atoms with E-state index in [1.165, 1.54) is 61.9 Å². The van der Waals surface area contributed by atoms with Gasteiger partial charge in [0.1, 0.15) is 0 Å². The van der Waals surface area contributed by atoms with Crippen LogP contribution >= 0.6 is 0 Å². The van der Waals surface area contributed by atoms with Gasteiger partial charge in [-0.15, -0.1) is 0 Å². The van der Waals surface area contributed by atoms with E-state index >= 15 is 0 Å². The Morgan fingerprint density at radius 2 is 1.13 bits per heavy atom. The first-order valence-electron chi connectivity index (χ1n) is 10.3. The summed E-state index contributed by atoms with van der Waals surface area (Å²) in [5, 5.41) is 0. The molecule has 4 heteroatoms. The third-order valence-corrected chi connectivity index (χ3v) is 15.4. The maximum Gasteiger partial charge on any atom is 0.192 e. The summed E-state index contributed by atoms with van der Waals surface area (Å²) in [4.78, 5) is 0. The molecule has 0 aliphatic carbocycles. The lowest BCUT2D eigenvalue weighted by molar-refractivity contribution is 0.189. The Bertz CT molecular complexity index is 260. The van der Waals surface area contributed by atoms with Crippen molar-refractivity contribution >= 4 is 16.6 Å². The van der Waals surface area contributed by atoms with E-state index in [1.54, 1.807) is 0 Å². The van der Waals surface area contributed by atoms with Crippen LogP contribution in [0.5, 0.6) is 0 Å². The van der Waals surface area contributed by atoms with Gasteiger partial charge in [0.25, 0.3) is 0 Å². The topological polar surface area (TPSA) is 18.5 Å². The van der Waals surface area contributed by atoms with Gasteiger partial charge in [-0.25, -0.2) is 0 Å². The molecule has 0 aromatic heterocycles. The van der Waals surface area contributed by atoms with Crippen molar-refractivity contribution in [2.45, 2.75) is 117 Å². The Hall–Kier alpha value is 0.354. The first-order chi connectivity index (χ1) is 11.0. The second-order valence-electron chi connectivity index (χ2n) is 7.11. The minimum absolute atomic E-state index is 0.442. The Kier molecular flexibility index (Phi) is 12.9. The van der Waals surface area contributed by atoms with E-state index in [1.807, 2.05) is 0 Å². The highest BCUT2D eigenvalue weighted by atomic mass is 28.4. The molecular weight excluding hydrogens is 316 g/mol. The van der Waals surface area contributed by atoms with Gasteiger partial charge in [-0.05, 0) is 56.0 Å². The maximum atomic E-state index is 6.51. The Balaban J connectivity index is 3.91. The lowest BCUT2D eigenvalue weighted by Crippen LogP contribution is -2.39. The van der Waals surface area contributed by atoms with Crippen LogP contribution in [0.4, 0.5) is 0 Å². The molecule has 0 saturated heterocycles. The SMILES string of the molecule is CC[Si](CC)(CC)OCCCCCC(C)O[Si](CC)(CC)CC. The van der Waals surface area contributed by atoms with E-state index in [0.29, 0.717) is 6.10 Å². The summed E-state index contributed by atoms with van der Waals surface area (Å²) in [5.74, 6) is 0. The molecule has 0 aromatic rings. The van der Waals surface area contributed by atoms with Crippen LogP contribution in [0.15, 0.2) is 0 Å². The molecule has 0 N–H and O–H groups in total. The molecule has 0 fully saturated rings. The fraction of sp³-hybridized carbons (Fsp3) is 1.00. The molecule has 0 amide bonds. The van der Waals surface area contributed by atoms with Crippen molar-refractivity contribution in [2.24, 2.45) is 0 Å². The van der Waals surface area contributed by atoms with Crippen molar-refractivity contribution in [1.82, 2.24) is 0 Å². The second-order valence-corrected chi connectivity index (χ2v) is 16.6. The third-order valence-electron chi connectivity index (χ3n) is 5.98. The van der Waals surface area contributed by atoms with Crippen molar-refractivity contribution in [1.29, 1.82) is 0 Å². The molecule has 0 saturated carbocycles. The molecule has 140 valence electrons. The highest BCUT2D eigenvalue weighted by Crippen LogP contribution is 2.25. The zero-order chi connectivity index (χ0) is 17.8. The smallest absolute Gasteiger partial charge is 0.192 e. The zero-order valence-electron chi connectivity index (χ0n) is 17.2. The molecule has 0 spiro atoms. The molecule has 1 atom stereocenters. The fourth-order valence-corrected chi connectivity index (χ4v) is 9.20.